The molecule has 0 saturated heterocycles. The molecule has 0 bridgehead atoms. The van der Waals surface area contributed by atoms with Crippen LogP contribution < -0.4 is 5.32 Å². The zero-order chi connectivity index (χ0) is 10.4. The number of hydrogen-bond acceptors (Lipinski definition) is 1. The zero-order valence-electron chi connectivity index (χ0n) is 8.22. The lowest BCUT2D eigenvalue weighted by atomic mass is 10.1. The second-order valence-electron chi connectivity index (χ2n) is 3.11. The van der Waals surface area contributed by atoms with Crippen LogP contribution in [0.5, 0.6) is 0 Å². The van der Waals surface area contributed by atoms with Crippen molar-refractivity contribution in [2.45, 2.75) is 13.3 Å². The van der Waals surface area contributed by atoms with E-state index in [0.29, 0.717) is 0 Å². The molecule has 0 aliphatic rings. The van der Waals surface area contributed by atoms with E-state index in [1.807, 2.05) is 31.2 Å². The highest BCUT2D eigenvalue weighted by molar-refractivity contribution is 9.09. The van der Waals surface area contributed by atoms with E-state index >= 15 is 0 Å². The van der Waals surface area contributed by atoms with Gasteiger partial charge in [0.05, 0.1) is 0 Å². The van der Waals surface area contributed by atoms with Crippen LogP contribution in [0, 0.1) is 6.92 Å². The average molecular weight is 256 g/mol. The minimum atomic E-state index is 0.0176. The van der Waals surface area contributed by atoms with Gasteiger partial charge in [0.1, 0.15) is 0 Å². The lowest BCUT2D eigenvalue weighted by molar-refractivity contribution is 0.0953. The SMILES string of the molecule is Cc1ccccc1C(=O)NCCCBr. The van der Waals surface area contributed by atoms with Gasteiger partial charge in [0.15, 0.2) is 0 Å². The Morgan fingerprint density at radius 2 is 2.14 bits per heavy atom. The summed E-state index contributed by atoms with van der Waals surface area (Å²) in [5, 5.41) is 3.79. The highest BCUT2D eigenvalue weighted by Gasteiger charge is 2.05. The summed E-state index contributed by atoms with van der Waals surface area (Å²) in [6.07, 6.45) is 0.956. The Labute approximate surface area is 92.8 Å². The summed E-state index contributed by atoms with van der Waals surface area (Å²) in [4.78, 5) is 11.6. The molecule has 1 aromatic carbocycles. The van der Waals surface area contributed by atoms with E-state index in [2.05, 4.69) is 21.2 Å². The fourth-order valence-electron chi connectivity index (χ4n) is 1.19. The number of aryl methyl sites for hydroxylation is 1. The minimum Gasteiger partial charge on any atom is -0.352 e. The molecule has 0 saturated carbocycles. The Hall–Kier alpha value is -0.830. The van der Waals surface area contributed by atoms with Gasteiger partial charge in [-0.05, 0) is 25.0 Å². The van der Waals surface area contributed by atoms with Crippen molar-refractivity contribution in [2.75, 3.05) is 11.9 Å². The van der Waals surface area contributed by atoms with E-state index in [9.17, 15) is 4.79 Å². The van der Waals surface area contributed by atoms with Crippen LogP contribution in [0.3, 0.4) is 0 Å². The molecule has 1 amide bonds. The van der Waals surface area contributed by atoms with Crippen LogP contribution in [-0.2, 0) is 0 Å². The van der Waals surface area contributed by atoms with Crippen LogP contribution in [0.2, 0.25) is 0 Å². The van der Waals surface area contributed by atoms with Crippen LogP contribution >= 0.6 is 15.9 Å². The maximum absolute atomic E-state index is 11.6. The fraction of sp³-hybridized carbons (Fsp3) is 0.364. The quantitative estimate of drug-likeness (QED) is 0.650. The number of rotatable bonds is 4. The summed E-state index contributed by atoms with van der Waals surface area (Å²) in [5.74, 6) is 0.0176. The number of hydrogen-bond donors (Lipinski definition) is 1. The number of amides is 1. The summed E-state index contributed by atoms with van der Waals surface area (Å²) in [6, 6.07) is 7.61. The molecule has 0 spiro atoms. The first-order valence-electron chi connectivity index (χ1n) is 4.65. The summed E-state index contributed by atoms with van der Waals surface area (Å²) < 4.78 is 0. The molecule has 0 fully saturated rings. The predicted octanol–water partition coefficient (Wildman–Crippen LogP) is 2.51. The van der Waals surface area contributed by atoms with E-state index in [1.165, 1.54) is 0 Å². The number of halogens is 1. The van der Waals surface area contributed by atoms with Crippen molar-refractivity contribution in [3.8, 4) is 0 Å². The van der Waals surface area contributed by atoms with E-state index in [1.54, 1.807) is 0 Å². The first-order chi connectivity index (χ1) is 6.75. The molecule has 0 atom stereocenters. The topological polar surface area (TPSA) is 29.1 Å². The van der Waals surface area contributed by atoms with Gasteiger partial charge in [0.2, 0.25) is 0 Å². The van der Waals surface area contributed by atoms with E-state index in [0.717, 1.165) is 29.4 Å². The summed E-state index contributed by atoms with van der Waals surface area (Å²) >= 11 is 3.32. The molecule has 0 unspecified atom stereocenters. The number of carbonyl (C=O) groups excluding carboxylic acids is 1. The van der Waals surface area contributed by atoms with Crippen molar-refractivity contribution in [3.63, 3.8) is 0 Å². The van der Waals surface area contributed by atoms with Gasteiger partial charge in [-0.15, -0.1) is 0 Å². The van der Waals surface area contributed by atoms with Crippen molar-refractivity contribution in [2.24, 2.45) is 0 Å². The van der Waals surface area contributed by atoms with Gasteiger partial charge in [0, 0.05) is 17.4 Å². The lowest BCUT2D eigenvalue weighted by Gasteiger charge is -2.06. The molecule has 0 heterocycles. The zero-order valence-corrected chi connectivity index (χ0v) is 9.80. The Morgan fingerprint density at radius 3 is 2.79 bits per heavy atom. The molecular weight excluding hydrogens is 242 g/mol. The number of benzene rings is 1. The number of nitrogens with one attached hydrogen (secondary N) is 1. The molecule has 3 heteroatoms. The van der Waals surface area contributed by atoms with Gasteiger partial charge in [0.25, 0.3) is 5.91 Å². The molecule has 0 aromatic heterocycles. The summed E-state index contributed by atoms with van der Waals surface area (Å²) in [7, 11) is 0. The van der Waals surface area contributed by atoms with Crippen LogP contribution in [0.1, 0.15) is 22.3 Å². The lowest BCUT2D eigenvalue weighted by Crippen LogP contribution is -2.25. The third-order valence-electron chi connectivity index (χ3n) is 1.99. The molecule has 0 aliphatic heterocycles. The highest BCUT2D eigenvalue weighted by atomic mass is 79.9. The van der Waals surface area contributed by atoms with Gasteiger partial charge < -0.3 is 5.32 Å². The van der Waals surface area contributed by atoms with Gasteiger partial charge in [-0.3, -0.25) is 4.79 Å². The molecule has 0 radical (unpaired) electrons. The molecular formula is C11H14BrNO. The molecule has 1 N–H and O–H groups in total. The number of alkyl halides is 1. The molecule has 0 aliphatic carbocycles. The third kappa shape index (κ3) is 3.14. The Kier molecular flexibility index (Phi) is 4.66. The largest absolute Gasteiger partial charge is 0.352 e. The van der Waals surface area contributed by atoms with Gasteiger partial charge in [-0.1, -0.05) is 34.1 Å². The monoisotopic (exact) mass is 255 g/mol. The molecule has 1 rings (SSSR count). The first-order valence-corrected chi connectivity index (χ1v) is 5.77. The fourth-order valence-corrected chi connectivity index (χ4v) is 1.47. The molecule has 2 nitrogen and oxygen atoms in total. The first kappa shape index (κ1) is 11.2. The maximum atomic E-state index is 11.6. The van der Waals surface area contributed by atoms with Crippen LogP contribution in [0.4, 0.5) is 0 Å². The Balaban J connectivity index is 2.56. The van der Waals surface area contributed by atoms with Crippen LogP contribution in [-0.4, -0.2) is 17.8 Å². The predicted molar refractivity (Wildman–Crippen MR) is 61.9 cm³/mol. The Morgan fingerprint density at radius 1 is 1.43 bits per heavy atom. The van der Waals surface area contributed by atoms with Crippen molar-refractivity contribution in [3.05, 3.63) is 35.4 Å². The van der Waals surface area contributed by atoms with Gasteiger partial charge in [-0.2, -0.15) is 0 Å². The van der Waals surface area contributed by atoms with Crippen molar-refractivity contribution >= 4 is 21.8 Å². The standard InChI is InChI=1S/C11H14BrNO/c1-9-5-2-3-6-10(9)11(14)13-8-4-7-12/h2-3,5-6H,4,7-8H2,1H3,(H,13,14). The number of carbonyl (C=O) groups is 1. The normalized spacial score (nSPS) is 9.86. The van der Waals surface area contributed by atoms with E-state index in [4.69, 9.17) is 0 Å². The molecule has 1 aromatic rings. The maximum Gasteiger partial charge on any atom is 0.251 e. The van der Waals surface area contributed by atoms with Gasteiger partial charge in [-0.25, -0.2) is 0 Å². The summed E-state index contributed by atoms with van der Waals surface area (Å²) in [5.41, 5.74) is 1.78. The second-order valence-corrected chi connectivity index (χ2v) is 3.91. The average Bonchev–Trinajstić information content (AvgIpc) is 2.18. The Bertz CT molecular complexity index is 312. The second kappa shape index (κ2) is 5.81. The van der Waals surface area contributed by atoms with Crippen LogP contribution in [0.15, 0.2) is 24.3 Å². The van der Waals surface area contributed by atoms with E-state index in [-0.39, 0.29) is 5.91 Å². The minimum absolute atomic E-state index is 0.0176. The van der Waals surface area contributed by atoms with Crippen molar-refractivity contribution in [1.82, 2.24) is 5.32 Å². The van der Waals surface area contributed by atoms with Gasteiger partial charge >= 0.3 is 0 Å². The highest BCUT2D eigenvalue weighted by Crippen LogP contribution is 2.06. The van der Waals surface area contributed by atoms with Crippen molar-refractivity contribution in [1.29, 1.82) is 0 Å². The third-order valence-corrected chi connectivity index (χ3v) is 2.55. The molecule has 76 valence electrons. The van der Waals surface area contributed by atoms with Crippen LogP contribution in [0.25, 0.3) is 0 Å². The molecule has 14 heavy (non-hydrogen) atoms. The smallest absolute Gasteiger partial charge is 0.251 e. The van der Waals surface area contributed by atoms with E-state index < -0.39 is 0 Å². The van der Waals surface area contributed by atoms with Crippen molar-refractivity contribution < 1.29 is 4.79 Å². The summed E-state index contributed by atoms with van der Waals surface area (Å²) in [6.45, 7) is 2.66.